The fraction of sp³-hybridized carbons (Fsp3) is 0.286. The lowest BCUT2D eigenvalue weighted by molar-refractivity contribution is 0.220. The minimum atomic E-state index is 0.382. The van der Waals surface area contributed by atoms with Crippen LogP contribution < -0.4 is 0 Å². The highest BCUT2D eigenvalue weighted by molar-refractivity contribution is 7.16. The van der Waals surface area contributed by atoms with Crippen LogP contribution in [0.1, 0.15) is 29.8 Å². The Bertz CT molecular complexity index is 1040. The van der Waals surface area contributed by atoms with E-state index in [1.165, 1.54) is 21.5 Å². The zero-order chi connectivity index (χ0) is 18.2. The standard InChI is InChI=1S/C21H21N5S/c1-15(16-2-3-21-20(12-16)23-14-27-21)25-10-6-17-13-26(24-19(17)7-11-25)18-4-8-22-9-5-18/h2-5,8-9,12-15H,6-7,10-11H2,1H3. The summed E-state index contributed by atoms with van der Waals surface area (Å²) >= 11 is 1.70. The number of fused-ring (bicyclic) bond motifs is 2. The van der Waals surface area contributed by atoms with Gasteiger partial charge in [0.2, 0.25) is 0 Å². The molecular weight excluding hydrogens is 354 g/mol. The van der Waals surface area contributed by atoms with E-state index in [0.717, 1.165) is 37.1 Å². The van der Waals surface area contributed by atoms with Gasteiger partial charge in [-0.2, -0.15) is 5.10 Å². The molecule has 5 rings (SSSR count). The Kier molecular flexibility index (Phi) is 4.22. The van der Waals surface area contributed by atoms with Crippen LogP contribution >= 0.6 is 11.3 Å². The first kappa shape index (κ1) is 16.6. The van der Waals surface area contributed by atoms with Gasteiger partial charge in [-0.1, -0.05) is 6.07 Å². The minimum absolute atomic E-state index is 0.382. The molecular formula is C21H21N5S. The van der Waals surface area contributed by atoms with Gasteiger partial charge in [-0.25, -0.2) is 9.67 Å². The Morgan fingerprint density at radius 3 is 2.81 bits per heavy atom. The summed E-state index contributed by atoms with van der Waals surface area (Å²) in [5, 5.41) is 4.84. The molecule has 0 radical (unpaired) electrons. The highest BCUT2D eigenvalue weighted by Crippen LogP contribution is 2.28. The average Bonchev–Trinajstić information content (AvgIpc) is 3.30. The highest BCUT2D eigenvalue weighted by atomic mass is 32.1. The summed E-state index contributed by atoms with van der Waals surface area (Å²) in [6.45, 7) is 4.37. The van der Waals surface area contributed by atoms with Crippen molar-refractivity contribution in [3.05, 3.63) is 71.3 Å². The van der Waals surface area contributed by atoms with Crippen LogP contribution in [0.2, 0.25) is 0 Å². The summed E-state index contributed by atoms with van der Waals surface area (Å²) in [7, 11) is 0. The predicted octanol–water partition coefficient (Wildman–Crippen LogP) is 4.04. The summed E-state index contributed by atoms with van der Waals surface area (Å²) in [6, 6.07) is 11.1. The number of nitrogens with zero attached hydrogens (tertiary/aromatic N) is 5. The maximum absolute atomic E-state index is 4.84. The fourth-order valence-corrected chi connectivity index (χ4v) is 4.51. The van der Waals surface area contributed by atoms with Crippen LogP contribution in [0.15, 0.2) is 54.4 Å². The van der Waals surface area contributed by atoms with Crippen LogP contribution in [0, 0.1) is 0 Å². The van der Waals surface area contributed by atoms with E-state index in [4.69, 9.17) is 5.10 Å². The summed E-state index contributed by atoms with van der Waals surface area (Å²) in [5.41, 5.74) is 8.02. The molecule has 5 nitrogen and oxygen atoms in total. The van der Waals surface area contributed by atoms with E-state index in [2.05, 4.69) is 46.2 Å². The van der Waals surface area contributed by atoms with Gasteiger partial charge in [0, 0.05) is 44.1 Å². The first-order chi connectivity index (χ1) is 13.3. The third-order valence-electron chi connectivity index (χ3n) is 5.49. The maximum atomic E-state index is 4.84. The number of aromatic nitrogens is 4. The molecule has 27 heavy (non-hydrogen) atoms. The topological polar surface area (TPSA) is 46.8 Å². The second-order valence-corrected chi connectivity index (χ2v) is 7.93. The summed E-state index contributed by atoms with van der Waals surface area (Å²) in [5.74, 6) is 0. The van der Waals surface area contributed by atoms with Gasteiger partial charge in [0.1, 0.15) is 0 Å². The summed E-state index contributed by atoms with van der Waals surface area (Å²) in [4.78, 5) is 11.1. The second kappa shape index (κ2) is 6.87. The van der Waals surface area contributed by atoms with Crippen molar-refractivity contribution in [2.45, 2.75) is 25.8 Å². The van der Waals surface area contributed by atoms with Gasteiger partial charge < -0.3 is 0 Å². The van der Waals surface area contributed by atoms with E-state index < -0.39 is 0 Å². The monoisotopic (exact) mass is 375 g/mol. The molecule has 1 aromatic carbocycles. The van der Waals surface area contributed by atoms with Gasteiger partial charge in [0.05, 0.1) is 27.1 Å². The molecule has 136 valence electrons. The molecule has 0 N–H and O–H groups in total. The first-order valence-electron chi connectivity index (χ1n) is 9.33. The zero-order valence-corrected chi connectivity index (χ0v) is 16.1. The summed E-state index contributed by atoms with van der Waals surface area (Å²) < 4.78 is 3.24. The predicted molar refractivity (Wildman–Crippen MR) is 108 cm³/mol. The van der Waals surface area contributed by atoms with Crippen LogP contribution in [-0.2, 0) is 12.8 Å². The van der Waals surface area contributed by atoms with Crippen molar-refractivity contribution in [2.75, 3.05) is 13.1 Å². The molecule has 0 amide bonds. The molecule has 0 fully saturated rings. The molecule has 1 unspecified atom stereocenters. The quantitative estimate of drug-likeness (QED) is 0.542. The molecule has 0 saturated heterocycles. The Labute approximate surface area is 162 Å². The smallest absolute Gasteiger partial charge is 0.0815 e. The van der Waals surface area contributed by atoms with Crippen molar-refractivity contribution in [3.63, 3.8) is 0 Å². The summed E-state index contributed by atoms with van der Waals surface area (Å²) in [6.07, 6.45) is 7.82. The van der Waals surface area contributed by atoms with Crippen LogP contribution in [0.25, 0.3) is 15.9 Å². The van der Waals surface area contributed by atoms with E-state index in [0.29, 0.717) is 6.04 Å². The van der Waals surface area contributed by atoms with Crippen LogP contribution in [-0.4, -0.2) is 37.7 Å². The van der Waals surface area contributed by atoms with E-state index in [1.54, 1.807) is 11.3 Å². The lowest BCUT2D eigenvalue weighted by Gasteiger charge is -2.28. The van der Waals surface area contributed by atoms with Crippen LogP contribution in [0.5, 0.6) is 0 Å². The van der Waals surface area contributed by atoms with Gasteiger partial charge in [-0.3, -0.25) is 9.88 Å². The molecule has 1 atom stereocenters. The Hall–Kier alpha value is -2.57. The number of hydrogen-bond acceptors (Lipinski definition) is 5. The molecule has 1 aliphatic rings. The molecule has 0 spiro atoms. The second-order valence-electron chi connectivity index (χ2n) is 7.04. The van der Waals surface area contributed by atoms with Gasteiger partial charge in [0.25, 0.3) is 0 Å². The van der Waals surface area contributed by atoms with Crippen molar-refractivity contribution < 1.29 is 0 Å². The van der Waals surface area contributed by atoms with Gasteiger partial charge >= 0.3 is 0 Å². The molecule has 4 aromatic rings. The number of hydrogen-bond donors (Lipinski definition) is 0. The van der Waals surface area contributed by atoms with E-state index >= 15 is 0 Å². The lowest BCUT2D eigenvalue weighted by atomic mass is 10.1. The molecule has 0 aliphatic carbocycles. The number of rotatable bonds is 3. The normalized spacial score (nSPS) is 16.2. The van der Waals surface area contributed by atoms with E-state index in [1.807, 2.05) is 34.7 Å². The largest absolute Gasteiger partial charge is 0.296 e. The van der Waals surface area contributed by atoms with Crippen molar-refractivity contribution in [1.29, 1.82) is 0 Å². The number of thiazole rings is 1. The molecule has 1 aliphatic heterocycles. The van der Waals surface area contributed by atoms with Gasteiger partial charge in [0.15, 0.2) is 0 Å². The first-order valence-corrected chi connectivity index (χ1v) is 10.2. The SMILES string of the molecule is CC(c1ccc2scnc2c1)N1CCc2cn(-c3ccncc3)nc2CC1. The van der Waals surface area contributed by atoms with Crippen molar-refractivity contribution in [2.24, 2.45) is 0 Å². The van der Waals surface area contributed by atoms with E-state index in [-0.39, 0.29) is 0 Å². The molecule has 6 heteroatoms. The molecule has 0 saturated carbocycles. The fourth-order valence-electron chi connectivity index (χ4n) is 3.85. The third kappa shape index (κ3) is 3.15. The Balaban J connectivity index is 1.34. The number of benzene rings is 1. The van der Waals surface area contributed by atoms with Gasteiger partial charge in [-0.05, 0) is 48.7 Å². The van der Waals surface area contributed by atoms with E-state index in [9.17, 15) is 0 Å². The zero-order valence-electron chi connectivity index (χ0n) is 15.2. The maximum Gasteiger partial charge on any atom is 0.0815 e. The third-order valence-corrected chi connectivity index (χ3v) is 6.30. The highest BCUT2D eigenvalue weighted by Gasteiger charge is 2.22. The number of pyridine rings is 1. The Morgan fingerprint density at radius 2 is 1.93 bits per heavy atom. The minimum Gasteiger partial charge on any atom is -0.296 e. The van der Waals surface area contributed by atoms with Crippen molar-refractivity contribution in [1.82, 2.24) is 24.6 Å². The van der Waals surface area contributed by atoms with Crippen molar-refractivity contribution in [3.8, 4) is 5.69 Å². The van der Waals surface area contributed by atoms with Crippen LogP contribution in [0.4, 0.5) is 0 Å². The molecule has 0 bridgehead atoms. The van der Waals surface area contributed by atoms with Crippen molar-refractivity contribution >= 4 is 21.6 Å². The molecule has 4 heterocycles. The molecule has 3 aromatic heterocycles. The Morgan fingerprint density at radius 1 is 1.07 bits per heavy atom. The van der Waals surface area contributed by atoms with Gasteiger partial charge in [-0.15, -0.1) is 11.3 Å². The van der Waals surface area contributed by atoms with Crippen LogP contribution in [0.3, 0.4) is 0 Å². The lowest BCUT2D eigenvalue weighted by Crippen LogP contribution is -2.29. The average molecular weight is 376 g/mol.